The molecule has 0 aromatic heterocycles. The van der Waals surface area contributed by atoms with Crippen molar-refractivity contribution in [3.8, 4) is 11.5 Å². The molecule has 0 fully saturated rings. The largest absolute Gasteiger partial charge is 0.508 e. The van der Waals surface area contributed by atoms with Crippen LogP contribution in [0.4, 0.5) is 0 Å². The monoisotopic (exact) mass is 411 g/mol. The predicted octanol–water partition coefficient (Wildman–Crippen LogP) is 8.15. The highest BCUT2D eigenvalue weighted by molar-refractivity contribution is 6.02. The second-order valence-electron chi connectivity index (χ2n) is 8.54. The Bertz CT molecular complexity index is 754. The van der Waals surface area contributed by atoms with Crippen LogP contribution in [0.1, 0.15) is 102 Å². The van der Waals surface area contributed by atoms with Crippen molar-refractivity contribution in [2.24, 2.45) is 4.99 Å². The van der Waals surface area contributed by atoms with Crippen LogP contribution in [0, 0.1) is 0 Å². The number of phenolic OH excluding ortho intramolecular Hbond substituents is 2. The zero-order valence-electron chi connectivity index (χ0n) is 18.9. The number of hydrogen-bond donors (Lipinski definition) is 2. The van der Waals surface area contributed by atoms with Crippen LogP contribution in [-0.2, 0) is 0 Å². The van der Waals surface area contributed by atoms with Crippen LogP contribution in [0.3, 0.4) is 0 Å². The first-order valence-corrected chi connectivity index (χ1v) is 12.2. The maximum Gasteiger partial charge on any atom is 0.124 e. The Hall–Kier alpha value is -2.03. The summed E-state index contributed by atoms with van der Waals surface area (Å²) >= 11 is 0. The lowest BCUT2D eigenvalue weighted by Crippen LogP contribution is -1.89. The predicted molar refractivity (Wildman–Crippen MR) is 130 cm³/mol. The Morgan fingerprint density at radius 1 is 0.700 bits per heavy atom. The van der Waals surface area contributed by atoms with Crippen molar-refractivity contribution in [1.82, 2.24) is 0 Å². The molecule has 0 aliphatic rings. The van der Waals surface area contributed by atoms with Gasteiger partial charge in [0.05, 0.1) is 0 Å². The summed E-state index contributed by atoms with van der Waals surface area (Å²) in [5, 5.41) is 21.6. The van der Waals surface area contributed by atoms with Gasteiger partial charge in [0.15, 0.2) is 0 Å². The number of hydrogen-bond acceptors (Lipinski definition) is 3. The molecule has 0 atom stereocenters. The average Bonchev–Trinajstić information content (AvgIpc) is 2.74. The zero-order valence-corrected chi connectivity index (χ0v) is 18.9. The molecule has 166 valence electrons. The summed E-state index contributed by atoms with van der Waals surface area (Å²) in [5.41, 5.74) is 0.734. The summed E-state index contributed by atoms with van der Waals surface area (Å²) in [7, 11) is 0. The van der Waals surface area contributed by atoms with Crippen LogP contribution in [0.25, 0.3) is 10.8 Å². The molecule has 30 heavy (non-hydrogen) atoms. The van der Waals surface area contributed by atoms with E-state index in [1.807, 2.05) is 12.1 Å². The van der Waals surface area contributed by atoms with Gasteiger partial charge in [0.25, 0.3) is 0 Å². The van der Waals surface area contributed by atoms with Gasteiger partial charge in [0, 0.05) is 18.3 Å². The molecule has 2 rings (SSSR count). The fourth-order valence-electron chi connectivity index (χ4n) is 4.02. The molecule has 0 spiro atoms. The number of phenols is 2. The fourth-order valence-corrected chi connectivity index (χ4v) is 4.02. The van der Waals surface area contributed by atoms with Crippen LogP contribution in [0.2, 0.25) is 0 Å². The van der Waals surface area contributed by atoms with Gasteiger partial charge < -0.3 is 10.2 Å². The van der Waals surface area contributed by atoms with Crippen molar-refractivity contribution < 1.29 is 10.2 Å². The summed E-state index contributed by atoms with van der Waals surface area (Å²) in [4.78, 5) is 4.52. The summed E-state index contributed by atoms with van der Waals surface area (Å²) in [6, 6.07) is 8.66. The number of rotatable bonds is 16. The summed E-state index contributed by atoms with van der Waals surface area (Å²) in [6.07, 6.45) is 20.8. The summed E-state index contributed by atoms with van der Waals surface area (Å²) in [6.45, 7) is 3.07. The van der Waals surface area contributed by atoms with E-state index in [0.717, 1.165) is 29.3 Å². The third-order valence-corrected chi connectivity index (χ3v) is 5.88. The third-order valence-electron chi connectivity index (χ3n) is 5.88. The zero-order chi connectivity index (χ0) is 21.4. The van der Waals surface area contributed by atoms with Gasteiger partial charge in [-0.25, -0.2) is 0 Å². The second-order valence-corrected chi connectivity index (χ2v) is 8.54. The van der Waals surface area contributed by atoms with Gasteiger partial charge in [-0.3, -0.25) is 4.99 Å². The van der Waals surface area contributed by atoms with Gasteiger partial charge in [-0.1, -0.05) is 96.5 Å². The van der Waals surface area contributed by atoms with Crippen LogP contribution in [0.15, 0.2) is 35.3 Å². The highest BCUT2D eigenvalue weighted by atomic mass is 16.3. The van der Waals surface area contributed by atoms with E-state index >= 15 is 0 Å². The Morgan fingerprint density at radius 3 is 1.87 bits per heavy atom. The first-order chi connectivity index (χ1) is 14.7. The van der Waals surface area contributed by atoms with Crippen molar-refractivity contribution in [1.29, 1.82) is 0 Å². The maximum atomic E-state index is 10.1. The van der Waals surface area contributed by atoms with E-state index in [1.165, 1.54) is 83.5 Å². The van der Waals surface area contributed by atoms with Gasteiger partial charge >= 0.3 is 0 Å². The number of unbranched alkanes of at least 4 members (excludes halogenated alkanes) is 13. The Morgan fingerprint density at radius 2 is 1.27 bits per heavy atom. The van der Waals surface area contributed by atoms with Crippen molar-refractivity contribution in [2.75, 3.05) is 6.54 Å². The molecule has 0 radical (unpaired) electrons. The fraction of sp³-hybridized carbons (Fsp3) is 0.593. The maximum absolute atomic E-state index is 10.1. The van der Waals surface area contributed by atoms with E-state index in [-0.39, 0.29) is 11.5 Å². The van der Waals surface area contributed by atoms with Gasteiger partial charge in [0.1, 0.15) is 11.5 Å². The molecule has 3 nitrogen and oxygen atoms in total. The summed E-state index contributed by atoms with van der Waals surface area (Å²) < 4.78 is 0. The van der Waals surface area contributed by atoms with Gasteiger partial charge in [-0.05, 0) is 41.5 Å². The SMILES string of the molecule is CCCCCCCCCCCCCCCCN=Cc1c(O)ccc2cc(O)ccc12. The highest BCUT2D eigenvalue weighted by Gasteiger charge is 2.05. The van der Waals surface area contributed by atoms with Crippen molar-refractivity contribution in [3.63, 3.8) is 0 Å². The standard InChI is InChI=1S/C27H41NO2/c1-2-3-4-5-6-7-8-9-10-11-12-13-14-15-20-28-22-26-25-18-17-24(29)21-23(25)16-19-27(26)30/h16-19,21-22,29-30H,2-15,20H2,1H3. The van der Waals surface area contributed by atoms with E-state index in [0.29, 0.717) is 0 Å². The van der Waals surface area contributed by atoms with E-state index in [9.17, 15) is 10.2 Å². The van der Waals surface area contributed by atoms with Crippen LogP contribution < -0.4 is 0 Å². The molecule has 3 heteroatoms. The number of nitrogens with zero attached hydrogens (tertiary/aromatic N) is 1. The number of aromatic hydroxyl groups is 2. The van der Waals surface area contributed by atoms with Crippen LogP contribution in [0.5, 0.6) is 11.5 Å². The minimum absolute atomic E-state index is 0.234. The molecular weight excluding hydrogens is 370 g/mol. The Balaban J connectivity index is 1.51. The third kappa shape index (κ3) is 9.19. The molecule has 0 aliphatic carbocycles. The molecule has 0 saturated carbocycles. The van der Waals surface area contributed by atoms with E-state index in [1.54, 1.807) is 24.4 Å². The molecule has 0 aliphatic heterocycles. The first kappa shape index (κ1) is 24.2. The molecule has 0 bridgehead atoms. The van der Waals surface area contributed by atoms with Crippen molar-refractivity contribution in [2.45, 2.75) is 96.8 Å². The smallest absolute Gasteiger partial charge is 0.124 e. The molecular formula is C27H41NO2. The lowest BCUT2D eigenvalue weighted by Gasteiger charge is -2.05. The molecule has 0 amide bonds. The lowest BCUT2D eigenvalue weighted by atomic mass is 10.0. The van der Waals surface area contributed by atoms with Gasteiger partial charge in [-0.15, -0.1) is 0 Å². The van der Waals surface area contributed by atoms with Crippen molar-refractivity contribution in [3.05, 3.63) is 35.9 Å². The second kappa shape index (κ2) is 14.9. The Kier molecular flexibility index (Phi) is 12.0. The minimum Gasteiger partial charge on any atom is -0.508 e. The van der Waals surface area contributed by atoms with Crippen LogP contribution in [-0.4, -0.2) is 23.0 Å². The molecule has 0 heterocycles. The Labute approximate surface area is 183 Å². The van der Waals surface area contributed by atoms with Crippen molar-refractivity contribution >= 4 is 17.0 Å². The van der Waals surface area contributed by atoms with Gasteiger partial charge in [0.2, 0.25) is 0 Å². The first-order valence-electron chi connectivity index (χ1n) is 12.2. The van der Waals surface area contributed by atoms with Crippen LogP contribution >= 0.6 is 0 Å². The minimum atomic E-state index is 0.234. The van der Waals surface area contributed by atoms with Gasteiger partial charge in [-0.2, -0.15) is 0 Å². The number of benzene rings is 2. The quantitative estimate of drug-likeness (QED) is 0.216. The molecule has 0 saturated heterocycles. The van der Waals surface area contributed by atoms with E-state index in [2.05, 4.69) is 11.9 Å². The molecule has 2 aromatic carbocycles. The topological polar surface area (TPSA) is 52.8 Å². The summed E-state index contributed by atoms with van der Waals surface area (Å²) in [5.74, 6) is 0.469. The van der Waals surface area contributed by atoms with E-state index in [4.69, 9.17) is 0 Å². The molecule has 2 aromatic rings. The molecule has 2 N–H and O–H groups in total. The average molecular weight is 412 g/mol. The lowest BCUT2D eigenvalue weighted by molar-refractivity contribution is 0.473. The van der Waals surface area contributed by atoms with E-state index < -0.39 is 0 Å². The highest BCUT2D eigenvalue weighted by Crippen LogP contribution is 2.28. The number of fused-ring (bicyclic) bond motifs is 1. The molecule has 0 unspecified atom stereocenters. The normalized spacial score (nSPS) is 11.6. The number of aliphatic imine (C=N–C) groups is 1.